The number of fused-ring (bicyclic) bond motifs is 1. The van der Waals surface area contributed by atoms with Gasteiger partial charge in [0.1, 0.15) is 5.60 Å². The highest BCUT2D eigenvalue weighted by atomic mass is 35.5. The molecular formula is C23H26Cl2N2O3. The summed E-state index contributed by atoms with van der Waals surface area (Å²) in [5.74, 6) is -0.481. The molecule has 2 amide bonds. The molecule has 3 rings (SSSR count). The summed E-state index contributed by atoms with van der Waals surface area (Å²) in [5, 5.41) is 0.972. The summed E-state index contributed by atoms with van der Waals surface area (Å²) in [6.07, 6.45) is 1.12. The molecule has 0 aliphatic heterocycles. The van der Waals surface area contributed by atoms with Gasteiger partial charge in [0.05, 0.1) is 16.1 Å². The molecule has 2 N–H and O–H groups in total. The SMILES string of the molecule is CN(C(=O)OC(C)(C)C)[C@H]1CC[C@@H](c2ccc(Cl)c(Cl)c2)c2cc(C(N)=O)ccc21. The molecule has 0 aromatic heterocycles. The van der Waals surface area contributed by atoms with Crippen molar-refractivity contribution >= 4 is 35.2 Å². The van der Waals surface area contributed by atoms with Gasteiger partial charge in [-0.1, -0.05) is 35.3 Å². The fourth-order valence-corrected chi connectivity index (χ4v) is 4.21. The fraction of sp³-hybridized carbons (Fsp3) is 0.391. The fourth-order valence-electron chi connectivity index (χ4n) is 3.91. The molecule has 30 heavy (non-hydrogen) atoms. The molecule has 0 radical (unpaired) electrons. The number of amides is 2. The van der Waals surface area contributed by atoms with E-state index in [2.05, 4.69) is 0 Å². The molecule has 0 saturated heterocycles. The van der Waals surface area contributed by atoms with Gasteiger partial charge < -0.3 is 15.4 Å². The Morgan fingerprint density at radius 3 is 2.33 bits per heavy atom. The number of rotatable bonds is 3. The molecule has 1 aliphatic rings. The number of carbonyl (C=O) groups excluding carboxylic acids is 2. The van der Waals surface area contributed by atoms with E-state index < -0.39 is 11.5 Å². The van der Waals surface area contributed by atoms with Crippen molar-refractivity contribution in [2.45, 2.75) is 51.2 Å². The molecule has 0 heterocycles. The van der Waals surface area contributed by atoms with Gasteiger partial charge in [-0.15, -0.1) is 0 Å². The Balaban J connectivity index is 2.03. The lowest BCUT2D eigenvalue weighted by molar-refractivity contribution is 0.0202. The maximum absolute atomic E-state index is 12.7. The van der Waals surface area contributed by atoms with Crippen LogP contribution in [-0.2, 0) is 4.74 Å². The van der Waals surface area contributed by atoms with Crippen LogP contribution in [0.3, 0.4) is 0 Å². The number of benzene rings is 2. The van der Waals surface area contributed by atoms with Crippen molar-refractivity contribution < 1.29 is 14.3 Å². The second-order valence-electron chi connectivity index (χ2n) is 8.62. The summed E-state index contributed by atoms with van der Waals surface area (Å²) in [6.45, 7) is 5.52. The van der Waals surface area contributed by atoms with Crippen molar-refractivity contribution in [2.24, 2.45) is 5.73 Å². The van der Waals surface area contributed by atoms with E-state index in [0.29, 0.717) is 15.6 Å². The van der Waals surface area contributed by atoms with E-state index >= 15 is 0 Å². The van der Waals surface area contributed by atoms with Crippen molar-refractivity contribution in [2.75, 3.05) is 7.05 Å². The van der Waals surface area contributed by atoms with E-state index in [1.165, 1.54) is 0 Å². The third-order valence-electron chi connectivity index (χ3n) is 5.33. The van der Waals surface area contributed by atoms with Gasteiger partial charge in [0.25, 0.3) is 0 Å². The predicted octanol–water partition coefficient (Wildman–Crippen LogP) is 5.93. The zero-order valence-electron chi connectivity index (χ0n) is 17.5. The Hall–Kier alpha value is -2.24. The molecule has 7 heteroatoms. The number of hydrogen-bond acceptors (Lipinski definition) is 3. The van der Waals surface area contributed by atoms with Gasteiger partial charge in [0.15, 0.2) is 0 Å². The van der Waals surface area contributed by atoms with E-state index in [9.17, 15) is 9.59 Å². The van der Waals surface area contributed by atoms with E-state index in [0.717, 1.165) is 29.5 Å². The normalized spacial score (nSPS) is 18.5. The second-order valence-corrected chi connectivity index (χ2v) is 9.43. The van der Waals surface area contributed by atoms with Crippen molar-refractivity contribution in [3.63, 3.8) is 0 Å². The summed E-state index contributed by atoms with van der Waals surface area (Å²) < 4.78 is 5.55. The van der Waals surface area contributed by atoms with Gasteiger partial charge in [-0.2, -0.15) is 0 Å². The molecule has 2 aromatic carbocycles. The largest absolute Gasteiger partial charge is 0.444 e. The summed E-state index contributed by atoms with van der Waals surface area (Å²) >= 11 is 12.3. The number of ether oxygens (including phenoxy) is 1. The first-order valence-electron chi connectivity index (χ1n) is 9.82. The van der Waals surface area contributed by atoms with Crippen molar-refractivity contribution in [3.8, 4) is 0 Å². The first-order chi connectivity index (χ1) is 14.0. The van der Waals surface area contributed by atoms with E-state index in [-0.39, 0.29) is 18.1 Å². The average molecular weight is 449 g/mol. The van der Waals surface area contributed by atoms with Crippen molar-refractivity contribution in [1.29, 1.82) is 0 Å². The zero-order valence-corrected chi connectivity index (χ0v) is 19.1. The van der Waals surface area contributed by atoms with Crippen LogP contribution in [0.2, 0.25) is 10.0 Å². The van der Waals surface area contributed by atoms with Crippen LogP contribution in [-0.4, -0.2) is 29.5 Å². The minimum Gasteiger partial charge on any atom is -0.444 e. The standard InChI is InChI=1S/C23H26Cl2N2O3/c1-23(2,3)30-22(29)27(4)20-10-8-15(13-6-9-18(24)19(25)12-13)17-11-14(21(26)28)5-7-16(17)20/h5-7,9,11-12,15,20H,8,10H2,1-4H3,(H2,26,28)/t15-,20-/m0/s1. The highest BCUT2D eigenvalue weighted by Crippen LogP contribution is 2.44. The van der Waals surface area contributed by atoms with E-state index in [1.54, 1.807) is 24.1 Å². The number of halogens is 2. The molecule has 0 fully saturated rings. The monoisotopic (exact) mass is 448 g/mol. The lowest BCUT2D eigenvalue weighted by Crippen LogP contribution is -2.38. The Bertz CT molecular complexity index is 985. The third kappa shape index (κ3) is 4.73. The maximum atomic E-state index is 12.7. The lowest BCUT2D eigenvalue weighted by atomic mass is 9.75. The first-order valence-corrected chi connectivity index (χ1v) is 10.6. The molecule has 0 unspecified atom stereocenters. The van der Waals surface area contributed by atoms with Crippen LogP contribution < -0.4 is 5.73 Å². The molecule has 160 valence electrons. The number of primary amides is 1. The Morgan fingerprint density at radius 2 is 1.73 bits per heavy atom. The molecule has 2 atom stereocenters. The van der Waals surface area contributed by atoms with Crippen LogP contribution >= 0.6 is 23.2 Å². The van der Waals surface area contributed by atoms with Gasteiger partial charge in [0, 0.05) is 18.5 Å². The van der Waals surface area contributed by atoms with Gasteiger partial charge in [-0.05, 0) is 74.6 Å². The minimum absolute atomic E-state index is 0.0114. The van der Waals surface area contributed by atoms with Crippen LogP contribution in [0.25, 0.3) is 0 Å². The number of nitrogens with two attached hydrogens (primary N) is 1. The quantitative estimate of drug-likeness (QED) is 0.632. The van der Waals surface area contributed by atoms with E-state index in [4.69, 9.17) is 33.7 Å². The highest BCUT2D eigenvalue weighted by Gasteiger charge is 2.34. The Kier molecular flexibility index (Phi) is 6.34. The summed E-state index contributed by atoms with van der Waals surface area (Å²) in [4.78, 5) is 26.1. The van der Waals surface area contributed by atoms with Crippen molar-refractivity contribution in [1.82, 2.24) is 4.90 Å². The Morgan fingerprint density at radius 1 is 1.03 bits per heavy atom. The highest BCUT2D eigenvalue weighted by molar-refractivity contribution is 6.42. The number of nitrogens with zero attached hydrogens (tertiary/aromatic N) is 1. The van der Waals surface area contributed by atoms with Crippen LogP contribution in [0.1, 0.15) is 72.6 Å². The second kappa shape index (κ2) is 8.48. The van der Waals surface area contributed by atoms with Crippen molar-refractivity contribution in [3.05, 3.63) is 68.7 Å². The lowest BCUT2D eigenvalue weighted by Gasteiger charge is -2.37. The van der Waals surface area contributed by atoms with Crippen LogP contribution in [0.15, 0.2) is 36.4 Å². The molecule has 0 spiro atoms. The molecule has 0 saturated carbocycles. The number of hydrogen-bond donors (Lipinski definition) is 1. The van der Waals surface area contributed by atoms with Crippen LogP contribution in [0, 0.1) is 0 Å². The summed E-state index contributed by atoms with van der Waals surface area (Å²) in [7, 11) is 1.74. The smallest absolute Gasteiger partial charge is 0.410 e. The molecule has 2 aromatic rings. The molecule has 1 aliphatic carbocycles. The molecular weight excluding hydrogens is 423 g/mol. The van der Waals surface area contributed by atoms with Crippen LogP contribution in [0.5, 0.6) is 0 Å². The third-order valence-corrected chi connectivity index (χ3v) is 6.07. The maximum Gasteiger partial charge on any atom is 0.410 e. The Labute approximate surface area is 187 Å². The van der Waals surface area contributed by atoms with Gasteiger partial charge in [-0.25, -0.2) is 4.79 Å². The summed E-state index contributed by atoms with van der Waals surface area (Å²) in [6, 6.07) is 10.8. The minimum atomic E-state index is -0.582. The number of carbonyl (C=O) groups is 2. The molecule has 5 nitrogen and oxygen atoms in total. The zero-order chi connectivity index (χ0) is 22.2. The summed E-state index contributed by atoms with van der Waals surface area (Å²) in [5.41, 5.74) is 8.30. The molecule has 0 bridgehead atoms. The average Bonchev–Trinajstić information content (AvgIpc) is 2.67. The first kappa shape index (κ1) is 22.4. The predicted molar refractivity (Wildman–Crippen MR) is 119 cm³/mol. The van der Waals surface area contributed by atoms with Crippen LogP contribution in [0.4, 0.5) is 4.79 Å². The topological polar surface area (TPSA) is 72.6 Å². The van der Waals surface area contributed by atoms with Gasteiger partial charge >= 0.3 is 6.09 Å². The van der Waals surface area contributed by atoms with Gasteiger partial charge in [0.2, 0.25) is 5.91 Å². The van der Waals surface area contributed by atoms with Gasteiger partial charge in [-0.3, -0.25) is 4.79 Å². The van der Waals surface area contributed by atoms with E-state index in [1.807, 2.05) is 45.0 Å².